The van der Waals surface area contributed by atoms with Crippen LogP contribution < -0.4 is 0 Å². The van der Waals surface area contributed by atoms with Crippen LogP contribution >= 0.6 is 0 Å². The van der Waals surface area contributed by atoms with Crippen LogP contribution in [0.5, 0.6) is 0 Å². The van der Waals surface area contributed by atoms with Gasteiger partial charge in [-0.1, -0.05) is 39.0 Å². The fourth-order valence-electron chi connectivity index (χ4n) is 3.67. The van der Waals surface area contributed by atoms with Gasteiger partial charge in [0.05, 0.1) is 5.92 Å². The van der Waals surface area contributed by atoms with E-state index in [0.29, 0.717) is 19.5 Å². The number of likely N-dealkylation sites (tertiary alicyclic amines) is 1. The average molecular weight is 281 g/mol. The lowest BCUT2D eigenvalue weighted by molar-refractivity contribution is -0.149. The van der Waals surface area contributed by atoms with Crippen LogP contribution in [-0.4, -0.2) is 35.0 Å². The molecule has 114 valence electrons. The van der Waals surface area contributed by atoms with Gasteiger partial charge in [-0.3, -0.25) is 9.59 Å². The topological polar surface area (TPSA) is 57.6 Å². The van der Waals surface area contributed by atoms with Gasteiger partial charge in [0.25, 0.3) is 0 Å². The summed E-state index contributed by atoms with van der Waals surface area (Å²) >= 11 is 0. The van der Waals surface area contributed by atoms with Gasteiger partial charge in [0.1, 0.15) is 0 Å². The fraction of sp³-hybridized carbons (Fsp3) is 0.875. The summed E-state index contributed by atoms with van der Waals surface area (Å²) in [4.78, 5) is 25.7. The number of aliphatic carboxylic acids is 1. The van der Waals surface area contributed by atoms with Crippen molar-refractivity contribution in [3.05, 3.63) is 0 Å². The van der Waals surface area contributed by atoms with E-state index in [0.717, 1.165) is 25.7 Å². The summed E-state index contributed by atoms with van der Waals surface area (Å²) in [7, 11) is 0. The van der Waals surface area contributed by atoms with E-state index < -0.39 is 5.97 Å². The molecule has 1 aliphatic heterocycles. The summed E-state index contributed by atoms with van der Waals surface area (Å²) in [5, 5.41) is 9.15. The van der Waals surface area contributed by atoms with Crippen molar-refractivity contribution >= 4 is 11.9 Å². The smallest absolute Gasteiger partial charge is 0.306 e. The van der Waals surface area contributed by atoms with E-state index in [9.17, 15) is 9.59 Å². The number of piperidine rings is 1. The van der Waals surface area contributed by atoms with Crippen molar-refractivity contribution in [3.63, 3.8) is 0 Å². The predicted molar refractivity (Wildman–Crippen MR) is 77.3 cm³/mol. The molecule has 0 spiro atoms. The van der Waals surface area contributed by atoms with E-state index in [1.165, 1.54) is 19.3 Å². The van der Waals surface area contributed by atoms with Crippen LogP contribution in [0.4, 0.5) is 0 Å². The maximum Gasteiger partial charge on any atom is 0.306 e. The van der Waals surface area contributed by atoms with Crippen LogP contribution in [0.15, 0.2) is 0 Å². The average Bonchev–Trinajstić information content (AvgIpc) is 2.37. The third-order valence-corrected chi connectivity index (χ3v) is 4.99. The highest BCUT2D eigenvalue weighted by atomic mass is 16.4. The van der Waals surface area contributed by atoms with Gasteiger partial charge in [0.15, 0.2) is 0 Å². The first kappa shape index (κ1) is 15.3. The minimum Gasteiger partial charge on any atom is -0.481 e. The Hall–Kier alpha value is -1.06. The molecule has 1 saturated heterocycles. The molecular formula is C16H27NO3. The fourth-order valence-corrected chi connectivity index (χ4v) is 3.67. The van der Waals surface area contributed by atoms with Crippen molar-refractivity contribution < 1.29 is 14.7 Å². The summed E-state index contributed by atoms with van der Waals surface area (Å²) < 4.78 is 0. The molecule has 4 heteroatoms. The van der Waals surface area contributed by atoms with Crippen LogP contribution in [0.1, 0.15) is 58.3 Å². The van der Waals surface area contributed by atoms with Crippen LogP contribution in [0, 0.1) is 17.8 Å². The highest BCUT2D eigenvalue weighted by Crippen LogP contribution is 2.28. The first-order valence-corrected chi connectivity index (χ1v) is 8.11. The second-order valence-corrected chi connectivity index (χ2v) is 6.54. The summed E-state index contributed by atoms with van der Waals surface area (Å²) in [5.74, 6) is -0.461. The van der Waals surface area contributed by atoms with E-state index in [2.05, 4.69) is 0 Å². The van der Waals surface area contributed by atoms with Crippen LogP contribution in [0.3, 0.4) is 0 Å². The molecule has 1 heterocycles. The van der Waals surface area contributed by atoms with Gasteiger partial charge >= 0.3 is 5.97 Å². The maximum absolute atomic E-state index is 12.6. The molecular weight excluding hydrogens is 254 g/mol. The lowest BCUT2D eigenvalue weighted by Crippen LogP contribution is -2.47. The van der Waals surface area contributed by atoms with Gasteiger partial charge in [0, 0.05) is 19.0 Å². The van der Waals surface area contributed by atoms with Gasteiger partial charge in [-0.15, -0.1) is 0 Å². The van der Waals surface area contributed by atoms with E-state index in [1.807, 2.05) is 11.8 Å². The number of rotatable bonds is 2. The summed E-state index contributed by atoms with van der Waals surface area (Å²) in [6, 6.07) is 0. The molecule has 2 rings (SSSR count). The molecule has 0 aromatic rings. The van der Waals surface area contributed by atoms with Gasteiger partial charge in [-0.2, -0.15) is 0 Å². The monoisotopic (exact) mass is 281 g/mol. The van der Waals surface area contributed by atoms with Crippen molar-refractivity contribution in [1.29, 1.82) is 0 Å². The van der Waals surface area contributed by atoms with E-state index in [1.54, 1.807) is 0 Å². The van der Waals surface area contributed by atoms with Gasteiger partial charge in [0.2, 0.25) is 5.91 Å². The molecule has 20 heavy (non-hydrogen) atoms. The number of carbonyl (C=O) groups excluding carboxylic acids is 1. The molecule has 1 N–H and O–H groups in total. The molecule has 2 unspecified atom stereocenters. The first-order chi connectivity index (χ1) is 9.59. The zero-order chi connectivity index (χ0) is 14.5. The van der Waals surface area contributed by atoms with Crippen LogP contribution in [-0.2, 0) is 9.59 Å². The number of carboxylic acid groups (broad SMARTS) is 1. The Morgan fingerprint density at radius 3 is 2.15 bits per heavy atom. The first-order valence-electron chi connectivity index (χ1n) is 8.11. The Bertz CT molecular complexity index is 348. The summed E-state index contributed by atoms with van der Waals surface area (Å²) in [5.41, 5.74) is 0. The quantitative estimate of drug-likeness (QED) is 0.846. The minimum atomic E-state index is -0.712. The molecule has 1 aliphatic carbocycles. The Kier molecular flexibility index (Phi) is 5.44. The Morgan fingerprint density at radius 2 is 1.60 bits per heavy atom. The number of amides is 1. The molecule has 0 aromatic heterocycles. The standard InChI is InChI=1S/C16H27NO3/c1-12-11-17(10-9-14(12)16(19)20)15(18)13-7-5-3-2-4-6-8-13/h12-14H,2-11H2,1H3,(H,19,20). The van der Waals surface area contributed by atoms with Crippen molar-refractivity contribution in [2.24, 2.45) is 17.8 Å². The number of nitrogens with zero attached hydrogens (tertiary/aromatic N) is 1. The molecule has 1 amide bonds. The number of hydrogen-bond acceptors (Lipinski definition) is 2. The largest absolute Gasteiger partial charge is 0.481 e. The summed E-state index contributed by atoms with van der Waals surface area (Å²) in [6.45, 7) is 3.19. The van der Waals surface area contributed by atoms with Crippen molar-refractivity contribution in [2.45, 2.75) is 58.3 Å². The van der Waals surface area contributed by atoms with E-state index in [-0.39, 0.29) is 23.7 Å². The maximum atomic E-state index is 12.6. The third kappa shape index (κ3) is 3.74. The Balaban J connectivity index is 1.90. The highest BCUT2D eigenvalue weighted by Gasteiger charge is 2.34. The van der Waals surface area contributed by atoms with Gasteiger partial charge < -0.3 is 10.0 Å². The lowest BCUT2D eigenvalue weighted by Gasteiger charge is -2.37. The second-order valence-electron chi connectivity index (χ2n) is 6.54. The summed E-state index contributed by atoms with van der Waals surface area (Å²) in [6.07, 6.45) is 8.78. The normalized spacial score (nSPS) is 29.6. The Labute approximate surface area is 121 Å². The zero-order valence-electron chi connectivity index (χ0n) is 12.5. The van der Waals surface area contributed by atoms with Gasteiger partial charge in [-0.25, -0.2) is 0 Å². The molecule has 1 saturated carbocycles. The van der Waals surface area contributed by atoms with E-state index >= 15 is 0 Å². The van der Waals surface area contributed by atoms with Crippen LogP contribution in [0.25, 0.3) is 0 Å². The van der Waals surface area contributed by atoms with E-state index in [4.69, 9.17) is 5.11 Å². The zero-order valence-corrected chi connectivity index (χ0v) is 12.5. The number of carbonyl (C=O) groups is 2. The molecule has 0 aromatic carbocycles. The third-order valence-electron chi connectivity index (χ3n) is 4.99. The molecule has 0 bridgehead atoms. The molecule has 2 atom stereocenters. The Morgan fingerprint density at radius 1 is 1.00 bits per heavy atom. The lowest BCUT2D eigenvalue weighted by atomic mass is 9.85. The van der Waals surface area contributed by atoms with Crippen molar-refractivity contribution in [1.82, 2.24) is 4.90 Å². The van der Waals surface area contributed by atoms with Crippen LogP contribution in [0.2, 0.25) is 0 Å². The van der Waals surface area contributed by atoms with Crippen molar-refractivity contribution in [2.75, 3.05) is 13.1 Å². The second kappa shape index (κ2) is 7.09. The van der Waals surface area contributed by atoms with Gasteiger partial charge in [-0.05, 0) is 25.2 Å². The molecule has 4 nitrogen and oxygen atoms in total. The number of hydrogen-bond donors (Lipinski definition) is 1. The molecule has 2 fully saturated rings. The minimum absolute atomic E-state index is 0.0683. The predicted octanol–water partition coefficient (Wildman–Crippen LogP) is 2.92. The highest BCUT2D eigenvalue weighted by molar-refractivity contribution is 5.79. The SMILES string of the molecule is CC1CN(C(=O)C2CCCCCCC2)CCC1C(=O)O. The van der Waals surface area contributed by atoms with Crippen molar-refractivity contribution in [3.8, 4) is 0 Å². The molecule has 2 aliphatic rings. The number of carboxylic acids is 1. The molecule has 0 radical (unpaired) electrons.